The fourth-order valence-corrected chi connectivity index (χ4v) is 4.18. The summed E-state index contributed by atoms with van der Waals surface area (Å²) in [5, 5.41) is 0.283. The summed E-state index contributed by atoms with van der Waals surface area (Å²) >= 11 is 17.8. The Balaban J connectivity index is 1.95. The molecule has 1 aromatic carbocycles. The highest BCUT2D eigenvalue weighted by molar-refractivity contribution is 6.64. The second-order valence-corrected chi connectivity index (χ2v) is 8.58. The Morgan fingerprint density at radius 3 is 2.65 bits per heavy atom. The van der Waals surface area contributed by atoms with E-state index in [0.717, 1.165) is 11.1 Å². The first-order valence-corrected chi connectivity index (χ1v) is 11.0. The van der Waals surface area contributed by atoms with Gasteiger partial charge in [0.25, 0.3) is 5.91 Å². The quantitative estimate of drug-likeness (QED) is 0.653. The zero-order chi connectivity index (χ0) is 22.7. The van der Waals surface area contributed by atoms with Crippen LogP contribution >= 0.6 is 34.8 Å². The van der Waals surface area contributed by atoms with Crippen molar-refractivity contribution in [2.75, 3.05) is 26.7 Å². The second kappa shape index (κ2) is 9.98. The van der Waals surface area contributed by atoms with Crippen LogP contribution in [0.25, 0.3) is 0 Å². The van der Waals surface area contributed by atoms with Crippen LogP contribution in [0.2, 0.25) is 10.0 Å². The molecule has 0 radical (unpaired) electrons. The monoisotopic (exact) mass is 480 g/mol. The Kier molecular flexibility index (Phi) is 7.57. The van der Waals surface area contributed by atoms with Crippen molar-refractivity contribution >= 4 is 57.4 Å². The van der Waals surface area contributed by atoms with Crippen LogP contribution in [-0.2, 0) is 4.79 Å². The number of hydrogen-bond acceptors (Lipinski definition) is 5. The van der Waals surface area contributed by atoms with Crippen LogP contribution in [0, 0.1) is 5.92 Å². The molecule has 6 nitrogen and oxygen atoms in total. The fourth-order valence-electron chi connectivity index (χ4n) is 3.74. The van der Waals surface area contributed by atoms with Crippen LogP contribution < -0.4 is 5.73 Å². The van der Waals surface area contributed by atoms with Crippen molar-refractivity contribution in [3.05, 3.63) is 56.7 Å². The van der Waals surface area contributed by atoms with E-state index >= 15 is 0 Å². The number of benzene rings is 1. The lowest BCUT2D eigenvalue weighted by Gasteiger charge is -2.30. The largest absolute Gasteiger partial charge is 0.402 e. The Labute approximate surface area is 196 Å². The van der Waals surface area contributed by atoms with Gasteiger partial charge in [0.1, 0.15) is 0 Å². The van der Waals surface area contributed by atoms with E-state index in [1.807, 2.05) is 13.0 Å². The fraction of sp³-hybridized carbons (Fsp3) is 0.364. The van der Waals surface area contributed by atoms with Gasteiger partial charge in [0, 0.05) is 43.4 Å². The first-order chi connectivity index (χ1) is 14.8. The third-order valence-electron chi connectivity index (χ3n) is 5.48. The standard InChI is InChI=1S/C22H23Cl3N4O2/c1-3-12-8-14(21(25)30)10-28-20(19(12)27-2)15-11-29(7-6-18(15)26)22(31)13-4-5-16(23)17(24)9-13/h3-5,9,14H,6-8,10-11,26H2,1-2H3/b12-3-,27-19?. The highest BCUT2D eigenvalue weighted by Gasteiger charge is 2.31. The molecule has 0 bridgehead atoms. The number of aliphatic imine (C=N–C) groups is 2. The van der Waals surface area contributed by atoms with Crippen LogP contribution in [0.15, 0.2) is 51.1 Å². The maximum atomic E-state index is 13.1. The van der Waals surface area contributed by atoms with Gasteiger partial charge in [-0.2, -0.15) is 0 Å². The van der Waals surface area contributed by atoms with E-state index in [-0.39, 0.29) is 19.0 Å². The number of rotatable bonds is 3. The number of carbonyl (C=O) groups excluding carboxylic acids is 2. The van der Waals surface area contributed by atoms with Crippen LogP contribution in [0.5, 0.6) is 0 Å². The third kappa shape index (κ3) is 5.03. The molecule has 1 aromatic rings. The molecule has 2 heterocycles. The molecule has 1 amide bonds. The van der Waals surface area contributed by atoms with E-state index in [2.05, 4.69) is 9.98 Å². The van der Waals surface area contributed by atoms with Gasteiger partial charge in [-0.25, -0.2) is 0 Å². The molecular formula is C22H23Cl3N4O2. The van der Waals surface area contributed by atoms with Crippen LogP contribution in [0.4, 0.5) is 0 Å². The average molecular weight is 482 g/mol. The summed E-state index contributed by atoms with van der Waals surface area (Å²) in [5.74, 6) is -0.602. The summed E-state index contributed by atoms with van der Waals surface area (Å²) in [5.41, 5.74) is 10.4. The topological polar surface area (TPSA) is 88.1 Å². The molecule has 1 atom stereocenters. The minimum Gasteiger partial charge on any atom is -0.402 e. The second-order valence-electron chi connectivity index (χ2n) is 7.39. The van der Waals surface area contributed by atoms with Gasteiger partial charge in [0.05, 0.1) is 33.9 Å². The normalized spacial score (nSPS) is 22.5. The summed E-state index contributed by atoms with van der Waals surface area (Å²) < 4.78 is 0. The Hall–Kier alpha value is -2.15. The highest BCUT2D eigenvalue weighted by Crippen LogP contribution is 2.28. The molecule has 31 heavy (non-hydrogen) atoms. The first kappa shape index (κ1) is 23.5. The van der Waals surface area contributed by atoms with Crippen LogP contribution in [0.1, 0.15) is 30.1 Å². The van der Waals surface area contributed by atoms with Gasteiger partial charge >= 0.3 is 0 Å². The van der Waals surface area contributed by atoms with E-state index in [1.165, 1.54) is 0 Å². The molecule has 0 spiro atoms. The molecule has 164 valence electrons. The van der Waals surface area contributed by atoms with Crippen molar-refractivity contribution in [2.45, 2.75) is 19.8 Å². The van der Waals surface area contributed by atoms with Crippen LogP contribution in [-0.4, -0.2) is 54.2 Å². The van der Waals surface area contributed by atoms with Gasteiger partial charge < -0.3 is 10.6 Å². The number of nitrogens with zero attached hydrogens (tertiary/aromatic N) is 3. The number of hydrogen-bond donors (Lipinski definition) is 1. The summed E-state index contributed by atoms with van der Waals surface area (Å²) in [6, 6.07) is 4.81. The average Bonchev–Trinajstić information content (AvgIpc) is 2.94. The third-order valence-corrected chi connectivity index (χ3v) is 6.53. The van der Waals surface area contributed by atoms with Gasteiger partial charge in [0.15, 0.2) is 0 Å². The van der Waals surface area contributed by atoms with Gasteiger partial charge in [-0.15, -0.1) is 0 Å². The lowest BCUT2D eigenvalue weighted by atomic mass is 9.91. The number of amides is 1. The molecule has 0 fully saturated rings. The first-order valence-electron chi connectivity index (χ1n) is 9.85. The van der Waals surface area contributed by atoms with Crippen LogP contribution in [0.3, 0.4) is 0 Å². The number of carbonyl (C=O) groups is 2. The van der Waals surface area contributed by atoms with Crippen molar-refractivity contribution in [3.8, 4) is 0 Å². The molecule has 9 heteroatoms. The van der Waals surface area contributed by atoms with E-state index in [4.69, 9.17) is 40.5 Å². The molecule has 1 unspecified atom stereocenters. The zero-order valence-corrected chi connectivity index (χ0v) is 19.6. The van der Waals surface area contributed by atoms with E-state index in [9.17, 15) is 9.59 Å². The number of nitrogens with two attached hydrogens (primary N) is 1. The Bertz CT molecular complexity index is 1040. The Morgan fingerprint density at radius 2 is 2.03 bits per heavy atom. The molecule has 2 aliphatic rings. The Morgan fingerprint density at radius 1 is 1.29 bits per heavy atom. The molecule has 0 aliphatic carbocycles. The summed E-state index contributed by atoms with van der Waals surface area (Å²) in [6.07, 6.45) is 2.87. The SMILES string of the molecule is C/C=C1/CC(C(=O)Cl)CN=C(C2=C(N)CCN(C(=O)c3ccc(Cl)c(Cl)c3)C2)C1=NC. The molecule has 0 saturated heterocycles. The maximum absolute atomic E-state index is 13.1. The molecule has 3 rings (SSSR count). The number of allylic oxidation sites excluding steroid dienone is 2. The summed E-state index contributed by atoms with van der Waals surface area (Å²) in [4.78, 5) is 35.7. The van der Waals surface area contributed by atoms with E-state index in [1.54, 1.807) is 30.1 Å². The van der Waals surface area contributed by atoms with Crippen molar-refractivity contribution in [1.29, 1.82) is 0 Å². The molecular weight excluding hydrogens is 459 g/mol. The van der Waals surface area contributed by atoms with Crippen molar-refractivity contribution in [3.63, 3.8) is 0 Å². The maximum Gasteiger partial charge on any atom is 0.254 e. The summed E-state index contributed by atoms with van der Waals surface area (Å²) in [7, 11) is 1.68. The number of halogens is 3. The lowest BCUT2D eigenvalue weighted by molar-refractivity contribution is -0.114. The molecule has 0 saturated carbocycles. The molecule has 0 aromatic heterocycles. The minimum atomic E-state index is -0.429. The van der Waals surface area contributed by atoms with Crippen molar-refractivity contribution in [1.82, 2.24) is 4.90 Å². The van der Waals surface area contributed by atoms with Crippen molar-refractivity contribution < 1.29 is 9.59 Å². The molecule has 2 N–H and O–H groups in total. The lowest BCUT2D eigenvalue weighted by Crippen LogP contribution is -2.41. The van der Waals surface area contributed by atoms with E-state index in [0.29, 0.717) is 52.1 Å². The smallest absolute Gasteiger partial charge is 0.254 e. The van der Waals surface area contributed by atoms with Crippen molar-refractivity contribution in [2.24, 2.45) is 21.6 Å². The molecule has 2 aliphatic heterocycles. The predicted octanol–water partition coefficient (Wildman–Crippen LogP) is 4.30. The van der Waals surface area contributed by atoms with Gasteiger partial charge in [-0.1, -0.05) is 29.3 Å². The van der Waals surface area contributed by atoms with Gasteiger partial charge in [-0.05, 0) is 48.7 Å². The zero-order valence-electron chi connectivity index (χ0n) is 17.3. The van der Waals surface area contributed by atoms with E-state index < -0.39 is 11.2 Å². The van der Waals surface area contributed by atoms with Gasteiger partial charge in [0.2, 0.25) is 5.24 Å². The minimum absolute atomic E-state index is 0.173. The predicted molar refractivity (Wildman–Crippen MR) is 127 cm³/mol. The summed E-state index contributed by atoms with van der Waals surface area (Å²) in [6.45, 7) is 2.88. The van der Waals surface area contributed by atoms with Gasteiger partial charge in [-0.3, -0.25) is 19.6 Å². The highest BCUT2D eigenvalue weighted by atomic mass is 35.5.